The molecule has 2 nitrogen and oxygen atoms in total. The fourth-order valence-corrected chi connectivity index (χ4v) is 1.50. The van der Waals surface area contributed by atoms with Crippen molar-refractivity contribution in [2.75, 3.05) is 0 Å². The highest BCUT2D eigenvalue weighted by Crippen LogP contribution is 1.97. The Morgan fingerprint density at radius 1 is 1.15 bits per heavy atom. The molecule has 1 aromatic rings. The van der Waals surface area contributed by atoms with E-state index in [1.165, 1.54) is 0 Å². The van der Waals surface area contributed by atoms with Gasteiger partial charge in [-0.05, 0) is 11.8 Å². The van der Waals surface area contributed by atoms with Crippen LogP contribution in [-0.2, 0) is 13.1 Å². The van der Waals surface area contributed by atoms with Crippen molar-refractivity contribution in [2.24, 2.45) is 11.8 Å². The SMILES string of the molecule is CC(C)Cn1cc[n+](CC(C)C)c1. The van der Waals surface area contributed by atoms with Gasteiger partial charge in [0, 0.05) is 0 Å². The van der Waals surface area contributed by atoms with Crippen molar-refractivity contribution in [3.8, 4) is 0 Å². The van der Waals surface area contributed by atoms with E-state index in [-0.39, 0.29) is 0 Å². The summed E-state index contributed by atoms with van der Waals surface area (Å²) in [7, 11) is 0. The summed E-state index contributed by atoms with van der Waals surface area (Å²) in [5.41, 5.74) is 0. The van der Waals surface area contributed by atoms with Crippen LogP contribution >= 0.6 is 0 Å². The molecule has 2 heteroatoms. The van der Waals surface area contributed by atoms with Gasteiger partial charge in [-0.1, -0.05) is 27.7 Å². The third kappa shape index (κ3) is 3.62. The zero-order valence-electron chi connectivity index (χ0n) is 9.20. The lowest BCUT2D eigenvalue weighted by Crippen LogP contribution is -2.33. The van der Waals surface area contributed by atoms with Gasteiger partial charge in [0.25, 0.3) is 0 Å². The predicted octanol–water partition coefficient (Wildman–Crippen LogP) is 2.09. The van der Waals surface area contributed by atoms with Gasteiger partial charge in [-0.2, -0.15) is 0 Å². The van der Waals surface area contributed by atoms with Crippen molar-refractivity contribution in [1.82, 2.24) is 4.57 Å². The molecule has 0 saturated heterocycles. The van der Waals surface area contributed by atoms with Crippen molar-refractivity contribution in [2.45, 2.75) is 40.8 Å². The number of nitrogens with zero attached hydrogens (tertiary/aromatic N) is 2. The Labute approximate surface area is 81.2 Å². The predicted molar refractivity (Wildman–Crippen MR) is 54.3 cm³/mol. The molecule has 0 spiro atoms. The second-order valence-corrected chi connectivity index (χ2v) is 4.59. The van der Waals surface area contributed by atoms with E-state index in [0.717, 1.165) is 24.9 Å². The lowest BCUT2D eigenvalue weighted by atomic mass is 10.2. The molecule has 1 rings (SSSR count). The monoisotopic (exact) mass is 181 g/mol. The first kappa shape index (κ1) is 10.3. The molecule has 13 heavy (non-hydrogen) atoms. The van der Waals surface area contributed by atoms with Gasteiger partial charge in [0.2, 0.25) is 6.33 Å². The molecule has 0 unspecified atom stereocenters. The van der Waals surface area contributed by atoms with Gasteiger partial charge >= 0.3 is 0 Å². The van der Waals surface area contributed by atoms with Crippen LogP contribution in [0.1, 0.15) is 27.7 Å². The Bertz CT molecular complexity index is 224. The smallest absolute Gasteiger partial charge is 0.237 e. The normalized spacial score (nSPS) is 11.5. The molecule has 0 N–H and O–H groups in total. The summed E-state index contributed by atoms with van der Waals surface area (Å²) in [5.74, 6) is 1.44. The molecule has 0 amide bonds. The Balaban J connectivity index is 2.53. The van der Waals surface area contributed by atoms with Gasteiger partial charge in [0.1, 0.15) is 12.4 Å². The minimum Gasteiger partial charge on any atom is -0.237 e. The Morgan fingerprint density at radius 2 is 1.85 bits per heavy atom. The highest BCUT2D eigenvalue weighted by molar-refractivity contribution is 4.67. The van der Waals surface area contributed by atoms with Crippen LogP contribution in [0.2, 0.25) is 0 Å². The second-order valence-electron chi connectivity index (χ2n) is 4.59. The molecule has 0 aliphatic carbocycles. The first-order valence-electron chi connectivity index (χ1n) is 5.12. The fourth-order valence-electron chi connectivity index (χ4n) is 1.50. The summed E-state index contributed by atoms with van der Waals surface area (Å²) in [6, 6.07) is 0. The van der Waals surface area contributed by atoms with E-state index in [0.29, 0.717) is 0 Å². The standard InChI is InChI=1S/C11H21N2/c1-10(2)7-12-5-6-13(9-12)8-11(3)4/h5-6,9-11H,7-8H2,1-4H3/q+1. The first-order valence-corrected chi connectivity index (χ1v) is 5.12. The maximum absolute atomic E-state index is 2.26. The molecule has 0 bridgehead atoms. The molecule has 74 valence electrons. The highest BCUT2D eigenvalue weighted by Gasteiger charge is 2.06. The summed E-state index contributed by atoms with van der Waals surface area (Å²) < 4.78 is 4.51. The van der Waals surface area contributed by atoms with Crippen LogP contribution in [-0.4, -0.2) is 4.57 Å². The topological polar surface area (TPSA) is 8.81 Å². The van der Waals surface area contributed by atoms with E-state index in [1.807, 2.05) is 0 Å². The maximum atomic E-state index is 2.26. The minimum absolute atomic E-state index is 0.722. The zero-order chi connectivity index (χ0) is 9.84. The van der Waals surface area contributed by atoms with Crippen LogP contribution in [0.5, 0.6) is 0 Å². The summed E-state index contributed by atoms with van der Waals surface area (Å²) in [5, 5.41) is 0. The van der Waals surface area contributed by atoms with Crippen LogP contribution in [0, 0.1) is 11.8 Å². The summed E-state index contributed by atoms with van der Waals surface area (Å²) in [4.78, 5) is 0. The molecular weight excluding hydrogens is 160 g/mol. The molecule has 0 atom stereocenters. The molecule has 1 heterocycles. The van der Waals surface area contributed by atoms with Crippen LogP contribution in [0.25, 0.3) is 0 Å². The molecule has 0 fully saturated rings. The number of hydrogen-bond acceptors (Lipinski definition) is 0. The quantitative estimate of drug-likeness (QED) is 0.629. The van der Waals surface area contributed by atoms with Crippen molar-refractivity contribution >= 4 is 0 Å². The average molecular weight is 181 g/mol. The zero-order valence-corrected chi connectivity index (χ0v) is 9.20. The van der Waals surface area contributed by atoms with E-state index in [1.54, 1.807) is 0 Å². The third-order valence-electron chi connectivity index (χ3n) is 1.90. The third-order valence-corrected chi connectivity index (χ3v) is 1.90. The van der Waals surface area contributed by atoms with Crippen LogP contribution < -0.4 is 4.57 Å². The Hall–Kier alpha value is -0.790. The molecule has 0 aromatic carbocycles. The van der Waals surface area contributed by atoms with Crippen LogP contribution in [0.15, 0.2) is 18.7 Å². The second kappa shape index (κ2) is 4.45. The van der Waals surface area contributed by atoms with Crippen LogP contribution in [0.3, 0.4) is 0 Å². The fraction of sp³-hybridized carbons (Fsp3) is 0.727. The lowest BCUT2D eigenvalue weighted by Gasteiger charge is -2.00. The van der Waals surface area contributed by atoms with E-state index in [2.05, 4.69) is 55.6 Å². The molecule has 0 aliphatic heterocycles. The van der Waals surface area contributed by atoms with Gasteiger partial charge in [0.15, 0.2) is 0 Å². The largest absolute Gasteiger partial charge is 0.243 e. The van der Waals surface area contributed by atoms with E-state index < -0.39 is 0 Å². The van der Waals surface area contributed by atoms with Crippen molar-refractivity contribution in [3.05, 3.63) is 18.7 Å². The van der Waals surface area contributed by atoms with E-state index in [4.69, 9.17) is 0 Å². The van der Waals surface area contributed by atoms with Crippen molar-refractivity contribution < 1.29 is 4.57 Å². The summed E-state index contributed by atoms with van der Waals surface area (Å²) in [6.07, 6.45) is 6.50. The first-order chi connectivity index (χ1) is 6.08. The van der Waals surface area contributed by atoms with Gasteiger partial charge in [-0.25, -0.2) is 9.13 Å². The van der Waals surface area contributed by atoms with Gasteiger partial charge in [-0.3, -0.25) is 0 Å². The van der Waals surface area contributed by atoms with Gasteiger partial charge in [0.05, 0.1) is 13.1 Å². The van der Waals surface area contributed by atoms with E-state index in [9.17, 15) is 0 Å². The summed E-state index contributed by atoms with van der Waals surface area (Å²) in [6.45, 7) is 11.2. The number of rotatable bonds is 4. The van der Waals surface area contributed by atoms with Crippen molar-refractivity contribution in [1.29, 1.82) is 0 Å². The minimum atomic E-state index is 0.722. The Kier molecular flexibility index (Phi) is 3.52. The molecule has 0 aliphatic rings. The van der Waals surface area contributed by atoms with Crippen LogP contribution in [0.4, 0.5) is 0 Å². The summed E-state index contributed by atoms with van der Waals surface area (Å²) >= 11 is 0. The molecule has 1 aromatic heterocycles. The van der Waals surface area contributed by atoms with Gasteiger partial charge < -0.3 is 0 Å². The maximum Gasteiger partial charge on any atom is 0.243 e. The highest BCUT2D eigenvalue weighted by atomic mass is 15.1. The van der Waals surface area contributed by atoms with Gasteiger partial charge in [-0.15, -0.1) is 0 Å². The van der Waals surface area contributed by atoms with Crippen molar-refractivity contribution in [3.63, 3.8) is 0 Å². The average Bonchev–Trinajstić information content (AvgIpc) is 2.33. The molecular formula is C11H21N2+. The number of hydrogen-bond donors (Lipinski definition) is 0. The number of imidazole rings is 1. The lowest BCUT2D eigenvalue weighted by molar-refractivity contribution is -0.701. The number of aromatic nitrogens is 2. The Morgan fingerprint density at radius 3 is 2.38 bits per heavy atom. The molecule has 0 saturated carbocycles. The van der Waals surface area contributed by atoms with E-state index >= 15 is 0 Å². The molecule has 0 radical (unpaired) electrons.